The zero-order valence-corrected chi connectivity index (χ0v) is 11.0. The molecule has 1 aliphatic rings. The van der Waals surface area contributed by atoms with Crippen molar-refractivity contribution < 1.29 is 5.11 Å². The molecule has 0 aromatic heterocycles. The van der Waals surface area contributed by atoms with Gasteiger partial charge < -0.3 is 10.0 Å². The lowest BCUT2D eigenvalue weighted by Crippen LogP contribution is -2.42. The second-order valence-corrected chi connectivity index (χ2v) is 5.69. The lowest BCUT2D eigenvalue weighted by Gasteiger charge is -2.36. The summed E-state index contributed by atoms with van der Waals surface area (Å²) in [7, 11) is 0. The predicted octanol–water partition coefficient (Wildman–Crippen LogP) is 2.18. The van der Waals surface area contributed by atoms with Crippen LogP contribution in [-0.4, -0.2) is 41.0 Å². The molecule has 0 bridgehead atoms. The summed E-state index contributed by atoms with van der Waals surface area (Å²) in [6.45, 7) is 7.55. The fraction of sp³-hybridized carbons (Fsp3) is 1.00. The first-order valence-corrected chi connectivity index (χ1v) is 6.72. The van der Waals surface area contributed by atoms with Crippen molar-refractivity contribution in [2.45, 2.75) is 45.1 Å². The van der Waals surface area contributed by atoms with Crippen LogP contribution in [0.15, 0.2) is 0 Å². The lowest BCUT2D eigenvalue weighted by molar-refractivity contribution is -0.00619. The number of hydrogen-bond donors (Lipinski definition) is 2. The largest absolute Gasteiger partial charge is 0.390 e. The predicted molar refractivity (Wildman–Crippen MR) is 68.5 cm³/mol. The Hall–Kier alpha value is 0.270. The quantitative estimate of drug-likeness (QED) is 0.709. The van der Waals surface area contributed by atoms with E-state index in [0.717, 1.165) is 37.6 Å². The normalized spacial score (nSPS) is 24.0. The van der Waals surface area contributed by atoms with Crippen LogP contribution < -0.4 is 0 Å². The average Bonchev–Trinajstić information content (AvgIpc) is 2.17. The molecule has 1 unspecified atom stereocenters. The maximum absolute atomic E-state index is 9.82. The van der Waals surface area contributed by atoms with Gasteiger partial charge >= 0.3 is 0 Å². The molecule has 1 aliphatic heterocycles. The summed E-state index contributed by atoms with van der Waals surface area (Å²) in [5.74, 6) is 1.78. The molecule has 90 valence electrons. The van der Waals surface area contributed by atoms with E-state index in [1.807, 2.05) is 6.92 Å². The fourth-order valence-corrected chi connectivity index (χ4v) is 2.47. The number of thiol groups is 1. The molecule has 1 saturated heterocycles. The third-order valence-corrected chi connectivity index (χ3v) is 3.75. The summed E-state index contributed by atoms with van der Waals surface area (Å²) in [6.07, 6.45) is 4.33. The minimum atomic E-state index is -0.410. The number of hydrogen-bond acceptors (Lipinski definition) is 3. The van der Waals surface area contributed by atoms with Gasteiger partial charge in [0.15, 0.2) is 0 Å². The highest BCUT2D eigenvalue weighted by molar-refractivity contribution is 7.80. The molecule has 0 aromatic carbocycles. The average molecular weight is 231 g/mol. The number of nitrogens with zero attached hydrogens (tertiary/aromatic N) is 1. The van der Waals surface area contributed by atoms with Crippen LogP contribution in [0.4, 0.5) is 0 Å². The Balaban J connectivity index is 2.13. The molecule has 2 nitrogen and oxygen atoms in total. The van der Waals surface area contributed by atoms with Gasteiger partial charge in [0.1, 0.15) is 0 Å². The highest BCUT2D eigenvalue weighted by Crippen LogP contribution is 2.21. The summed E-state index contributed by atoms with van der Waals surface area (Å²) < 4.78 is 0. The molecule has 0 amide bonds. The van der Waals surface area contributed by atoms with E-state index >= 15 is 0 Å². The van der Waals surface area contributed by atoms with Gasteiger partial charge in [-0.1, -0.05) is 6.92 Å². The Kier molecular flexibility index (Phi) is 5.44. The minimum Gasteiger partial charge on any atom is -0.390 e. The molecule has 15 heavy (non-hydrogen) atoms. The van der Waals surface area contributed by atoms with Gasteiger partial charge in [0.25, 0.3) is 0 Å². The molecule has 1 atom stereocenters. The molecular formula is C12H25NOS. The van der Waals surface area contributed by atoms with Crippen LogP contribution in [0.5, 0.6) is 0 Å². The molecule has 0 saturated carbocycles. The Bertz CT molecular complexity index is 174. The van der Waals surface area contributed by atoms with Crippen LogP contribution in [0, 0.1) is 5.92 Å². The van der Waals surface area contributed by atoms with Crippen molar-refractivity contribution in [2.75, 3.05) is 25.4 Å². The Morgan fingerprint density at radius 1 is 1.33 bits per heavy atom. The van der Waals surface area contributed by atoms with E-state index in [4.69, 9.17) is 0 Å². The van der Waals surface area contributed by atoms with Crippen molar-refractivity contribution in [2.24, 2.45) is 5.92 Å². The van der Waals surface area contributed by atoms with Gasteiger partial charge in [-0.3, -0.25) is 0 Å². The van der Waals surface area contributed by atoms with Crippen molar-refractivity contribution in [1.29, 1.82) is 0 Å². The summed E-state index contributed by atoms with van der Waals surface area (Å²) in [4.78, 5) is 2.48. The van der Waals surface area contributed by atoms with Crippen LogP contribution in [0.25, 0.3) is 0 Å². The van der Waals surface area contributed by atoms with Crippen LogP contribution in [0.1, 0.15) is 39.5 Å². The van der Waals surface area contributed by atoms with Crippen molar-refractivity contribution in [3.8, 4) is 0 Å². The van der Waals surface area contributed by atoms with Crippen molar-refractivity contribution in [3.05, 3.63) is 0 Å². The maximum Gasteiger partial charge on any atom is 0.0644 e. The first-order valence-electron chi connectivity index (χ1n) is 6.09. The molecule has 0 aromatic rings. The van der Waals surface area contributed by atoms with Gasteiger partial charge in [-0.25, -0.2) is 0 Å². The minimum absolute atomic E-state index is 0.410. The number of rotatable bonds is 5. The van der Waals surface area contributed by atoms with Crippen LogP contribution >= 0.6 is 12.6 Å². The van der Waals surface area contributed by atoms with Gasteiger partial charge in [-0.05, 0) is 50.8 Å². The van der Waals surface area contributed by atoms with Crippen molar-refractivity contribution in [1.82, 2.24) is 4.90 Å². The van der Waals surface area contributed by atoms with Gasteiger partial charge in [-0.15, -0.1) is 0 Å². The van der Waals surface area contributed by atoms with Gasteiger partial charge in [0, 0.05) is 13.1 Å². The van der Waals surface area contributed by atoms with E-state index in [0.29, 0.717) is 0 Å². The molecule has 1 heterocycles. The zero-order valence-electron chi connectivity index (χ0n) is 10.1. The summed E-state index contributed by atoms with van der Waals surface area (Å²) in [6, 6.07) is 0. The topological polar surface area (TPSA) is 23.5 Å². The maximum atomic E-state index is 9.82. The van der Waals surface area contributed by atoms with E-state index < -0.39 is 5.60 Å². The second-order valence-electron chi connectivity index (χ2n) is 5.24. The van der Waals surface area contributed by atoms with Gasteiger partial charge in [0.2, 0.25) is 0 Å². The fourth-order valence-electron chi connectivity index (χ4n) is 2.03. The molecule has 1 N–H and O–H groups in total. The SMILES string of the molecule is CC(CCS)CCN1CCC(C)(O)CC1. The Labute approximate surface area is 99.5 Å². The monoisotopic (exact) mass is 231 g/mol. The van der Waals surface area contributed by atoms with E-state index in [-0.39, 0.29) is 0 Å². The van der Waals surface area contributed by atoms with Crippen LogP contribution in [0.2, 0.25) is 0 Å². The first-order chi connectivity index (χ1) is 7.03. The van der Waals surface area contributed by atoms with E-state index in [2.05, 4.69) is 24.5 Å². The zero-order chi connectivity index (χ0) is 11.3. The molecule has 0 aliphatic carbocycles. The van der Waals surface area contributed by atoms with Crippen LogP contribution in [0.3, 0.4) is 0 Å². The summed E-state index contributed by atoms with van der Waals surface area (Å²) in [5.41, 5.74) is -0.410. The smallest absolute Gasteiger partial charge is 0.0644 e. The second kappa shape index (κ2) is 6.12. The summed E-state index contributed by atoms with van der Waals surface area (Å²) in [5, 5.41) is 9.82. The number of piperidine rings is 1. The third-order valence-electron chi connectivity index (χ3n) is 3.49. The molecule has 3 heteroatoms. The van der Waals surface area contributed by atoms with E-state index in [1.54, 1.807) is 0 Å². The molecule has 0 spiro atoms. The van der Waals surface area contributed by atoms with Crippen molar-refractivity contribution in [3.63, 3.8) is 0 Å². The van der Waals surface area contributed by atoms with Gasteiger partial charge in [0.05, 0.1) is 5.60 Å². The Morgan fingerprint density at radius 3 is 2.47 bits per heavy atom. The van der Waals surface area contributed by atoms with Crippen molar-refractivity contribution >= 4 is 12.6 Å². The third kappa shape index (κ3) is 5.23. The standard InChI is InChI=1S/C12H25NOS/c1-11(4-10-15)3-7-13-8-5-12(2,14)6-9-13/h11,14-15H,3-10H2,1-2H3. The number of likely N-dealkylation sites (tertiary alicyclic amines) is 1. The summed E-state index contributed by atoms with van der Waals surface area (Å²) >= 11 is 4.26. The highest BCUT2D eigenvalue weighted by Gasteiger charge is 2.26. The van der Waals surface area contributed by atoms with Crippen LogP contribution in [-0.2, 0) is 0 Å². The highest BCUT2D eigenvalue weighted by atomic mass is 32.1. The molecular weight excluding hydrogens is 206 g/mol. The Morgan fingerprint density at radius 2 is 1.93 bits per heavy atom. The molecule has 1 rings (SSSR count). The van der Waals surface area contributed by atoms with E-state index in [1.165, 1.54) is 19.4 Å². The number of aliphatic hydroxyl groups is 1. The van der Waals surface area contributed by atoms with E-state index in [9.17, 15) is 5.11 Å². The molecule has 1 fully saturated rings. The van der Waals surface area contributed by atoms with Gasteiger partial charge in [-0.2, -0.15) is 12.6 Å². The first kappa shape index (κ1) is 13.3. The lowest BCUT2D eigenvalue weighted by atomic mass is 9.93. The molecule has 0 radical (unpaired) electrons.